The first-order valence-corrected chi connectivity index (χ1v) is 6.61. The van der Waals surface area contributed by atoms with Crippen molar-refractivity contribution in [2.24, 2.45) is 5.92 Å². The maximum absolute atomic E-state index is 11.6. The van der Waals surface area contributed by atoms with Crippen molar-refractivity contribution in [1.82, 2.24) is 4.90 Å². The van der Waals surface area contributed by atoms with Gasteiger partial charge in [-0.2, -0.15) is 0 Å². The lowest BCUT2D eigenvalue weighted by atomic mass is 10.0. The third kappa shape index (κ3) is 5.49. The number of hydrogen-bond acceptors (Lipinski definition) is 3. The van der Waals surface area contributed by atoms with Crippen LogP contribution in [0.3, 0.4) is 0 Å². The van der Waals surface area contributed by atoms with Gasteiger partial charge in [0, 0.05) is 6.54 Å². The summed E-state index contributed by atoms with van der Waals surface area (Å²) in [6, 6.07) is 0. The third-order valence-corrected chi connectivity index (χ3v) is 3.13. The lowest BCUT2D eigenvalue weighted by Crippen LogP contribution is -2.40. The molecule has 0 aromatic carbocycles. The van der Waals surface area contributed by atoms with E-state index in [4.69, 9.17) is 0 Å². The van der Waals surface area contributed by atoms with Crippen LogP contribution in [0.1, 0.15) is 26.7 Å². The van der Waals surface area contributed by atoms with Crippen molar-refractivity contribution < 1.29 is 14.3 Å². The minimum Gasteiger partial charge on any atom is -0.468 e. The van der Waals surface area contributed by atoms with Crippen LogP contribution in [-0.2, 0) is 14.3 Å². The Bertz CT molecular complexity index is 229. The van der Waals surface area contributed by atoms with Gasteiger partial charge in [0.05, 0.1) is 12.4 Å². The highest BCUT2D eigenvalue weighted by molar-refractivity contribution is 9.09. The van der Waals surface area contributed by atoms with Crippen molar-refractivity contribution in [3.63, 3.8) is 0 Å². The first-order chi connectivity index (χ1) is 7.58. The Labute approximate surface area is 105 Å². The first-order valence-electron chi connectivity index (χ1n) is 5.49. The second-order valence-corrected chi connectivity index (χ2v) is 4.23. The fraction of sp³-hybridized carbons (Fsp3) is 0.818. The molecule has 0 aliphatic heterocycles. The predicted molar refractivity (Wildman–Crippen MR) is 66.5 cm³/mol. The van der Waals surface area contributed by atoms with Gasteiger partial charge in [-0.3, -0.25) is 9.59 Å². The molecule has 0 atom stereocenters. The highest BCUT2D eigenvalue weighted by Gasteiger charge is 2.19. The number of carbonyl (C=O) groups is 2. The smallest absolute Gasteiger partial charge is 0.325 e. The predicted octanol–water partition coefficient (Wildman–Crippen LogP) is 1.82. The van der Waals surface area contributed by atoms with Crippen LogP contribution in [0.4, 0.5) is 0 Å². The van der Waals surface area contributed by atoms with Gasteiger partial charge >= 0.3 is 5.97 Å². The van der Waals surface area contributed by atoms with Crippen molar-refractivity contribution >= 4 is 27.8 Å². The van der Waals surface area contributed by atoms with Crippen molar-refractivity contribution in [1.29, 1.82) is 0 Å². The molecule has 0 aliphatic carbocycles. The number of alkyl halides is 1. The van der Waals surface area contributed by atoms with E-state index in [0.29, 0.717) is 12.5 Å². The molecule has 0 aromatic heterocycles. The van der Waals surface area contributed by atoms with Gasteiger partial charge in [0.2, 0.25) is 5.91 Å². The van der Waals surface area contributed by atoms with Crippen LogP contribution in [-0.4, -0.2) is 42.3 Å². The van der Waals surface area contributed by atoms with E-state index in [2.05, 4.69) is 34.5 Å². The molecule has 16 heavy (non-hydrogen) atoms. The fourth-order valence-electron chi connectivity index (χ4n) is 1.42. The third-order valence-electron chi connectivity index (χ3n) is 2.65. The Kier molecular flexibility index (Phi) is 8.25. The van der Waals surface area contributed by atoms with E-state index >= 15 is 0 Å². The maximum atomic E-state index is 11.6. The summed E-state index contributed by atoms with van der Waals surface area (Å²) in [7, 11) is 1.33. The molecule has 0 aliphatic rings. The molecule has 0 radical (unpaired) electrons. The average Bonchev–Trinajstić information content (AvgIpc) is 2.32. The van der Waals surface area contributed by atoms with Crippen molar-refractivity contribution in [3.05, 3.63) is 0 Å². The molecule has 4 nitrogen and oxygen atoms in total. The lowest BCUT2D eigenvalue weighted by molar-refractivity contribution is -0.146. The Morgan fingerprint density at radius 3 is 2.25 bits per heavy atom. The quantitative estimate of drug-likeness (QED) is 0.531. The molecular formula is C11H20BrNO3. The van der Waals surface area contributed by atoms with Gasteiger partial charge in [0.1, 0.15) is 6.54 Å². The van der Waals surface area contributed by atoms with Crippen LogP contribution in [0, 0.1) is 5.92 Å². The zero-order chi connectivity index (χ0) is 12.6. The Morgan fingerprint density at radius 2 is 1.88 bits per heavy atom. The molecule has 0 heterocycles. The maximum Gasteiger partial charge on any atom is 0.325 e. The standard InChI is InChI=1S/C11H20BrNO3/c1-4-9(5-2)7-13(10(14)6-12)8-11(15)16-3/h9H,4-8H2,1-3H3. The molecule has 0 N–H and O–H groups in total. The number of carbonyl (C=O) groups excluding carboxylic acids is 2. The summed E-state index contributed by atoms with van der Waals surface area (Å²) in [6.07, 6.45) is 2.01. The summed E-state index contributed by atoms with van der Waals surface area (Å²) in [4.78, 5) is 24.3. The van der Waals surface area contributed by atoms with E-state index in [1.165, 1.54) is 7.11 Å². The largest absolute Gasteiger partial charge is 0.468 e. The number of amides is 1. The van der Waals surface area contributed by atoms with E-state index in [0.717, 1.165) is 12.8 Å². The lowest BCUT2D eigenvalue weighted by Gasteiger charge is -2.25. The molecule has 1 amide bonds. The van der Waals surface area contributed by atoms with Gasteiger partial charge in [0.15, 0.2) is 0 Å². The number of nitrogens with zero attached hydrogens (tertiary/aromatic N) is 1. The molecule has 0 bridgehead atoms. The van der Waals surface area contributed by atoms with Gasteiger partial charge < -0.3 is 9.64 Å². The minimum atomic E-state index is -0.375. The first kappa shape index (κ1) is 15.4. The summed E-state index contributed by atoms with van der Waals surface area (Å²) in [5.74, 6) is -0.00906. The van der Waals surface area contributed by atoms with Crippen molar-refractivity contribution in [2.75, 3.05) is 25.5 Å². The Hall–Kier alpha value is -0.580. The normalized spacial score (nSPS) is 10.3. The van der Waals surface area contributed by atoms with Crippen LogP contribution in [0.2, 0.25) is 0 Å². The van der Waals surface area contributed by atoms with Crippen LogP contribution in [0.15, 0.2) is 0 Å². The van der Waals surface area contributed by atoms with Crippen LogP contribution >= 0.6 is 15.9 Å². The number of halogens is 1. The Balaban J connectivity index is 4.42. The molecule has 0 saturated heterocycles. The number of rotatable bonds is 7. The summed E-state index contributed by atoms with van der Waals surface area (Å²) >= 11 is 3.12. The number of esters is 1. The second-order valence-electron chi connectivity index (χ2n) is 3.67. The molecule has 0 spiro atoms. The number of methoxy groups -OCH3 is 1. The minimum absolute atomic E-state index is 0.0391. The van der Waals surface area contributed by atoms with E-state index in [1.807, 2.05) is 0 Å². The van der Waals surface area contributed by atoms with Crippen LogP contribution in [0.5, 0.6) is 0 Å². The van der Waals surface area contributed by atoms with Gasteiger partial charge in [-0.1, -0.05) is 42.6 Å². The average molecular weight is 294 g/mol. The van der Waals surface area contributed by atoms with Crippen molar-refractivity contribution in [2.45, 2.75) is 26.7 Å². The number of hydrogen-bond donors (Lipinski definition) is 0. The van der Waals surface area contributed by atoms with E-state index in [1.54, 1.807) is 4.90 Å². The topological polar surface area (TPSA) is 46.6 Å². The van der Waals surface area contributed by atoms with Gasteiger partial charge in [0.25, 0.3) is 0 Å². The van der Waals surface area contributed by atoms with Crippen LogP contribution < -0.4 is 0 Å². The Morgan fingerprint density at radius 1 is 1.31 bits per heavy atom. The van der Waals surface area contributed by atoms with Crippen molar-refractivity contribution in [3.8, 4) is 0 Å². The summed E-state index contributed by atoms with van der Waals surface area (Å²) < 4.78 is 4.58. The molecular weight excluding hydrogens is 274 g/mol. The summed E-state index contributed by atoms with van der Waals surface area (Å²) in [5.41, 5.74) is 0. The highest BCUT2D eigenvalue weighted by Crippen LogP contribution is 2.10. The summed E-state index contributed by atoms with van der Waals surface area (Å²) in [6.45, 7) is 4.83. The van der Waals surface area contributed by atoms with Gasteiger partial charge in [-0.25, -0.2) is 0 Å². The highest BCUT2D eigenvalue weighted by atomic mass is 79.9. The molecule has 0 rings (SSSR count). The molecule has 5 heteroatoms. The molecule has 0 saturated carbocycles. The number of ether oxygens (including phenoxy) is 1. The fourth-order valence-corrected chi connectivity index (χ4v) is 1.77. The SMILES string of the molecule is CCC(CC)CN(CC(=O)OC)C(=O)CBr. The second kappa shape index (κ2) is 8.56. The van der Waals surface area contributed by atoms with Gasteiger partial charge in [-0.05, 0) is 5.92 Å². The van der Waals surface area contributed by atoms with E-state index in [9.17, 15) is 9.59 Å². The molecule has 0 fully saturated rings. The van der Waals surface area contributed by atoms with E-state index < -0.39 is 0 Å². The summed E-state index contributed by atoms with van der Waals surface area (Å²) in [5, 5.41) is 0.240. The van der Waals surface area contributed by atoms with E-state index in [-0.39, 0.29) is 23.8 Å². The molecule has 0 unspecified atom stereocenters. The molecule has 0 aromatic rings. The van der Waals surface area contributed by atoms with Crippen LogP contribution in [0.25, 0.3) is 0 Å². The zero-order valence-electron chi connectivity index (χ0n) is 10.2. The van der Waals surface area contributed by atoms with Gasteiger partial charge in [-0.15, -0.1) is 0 Å². The molecule has 94 valence electrons. The monoisotopic (exact) mass is 293 g/mol. The zero-order valence-corrected chi connectivity index (χ0v) is 11.7.